The molecule has 8 heavy (non-hydrogen) atoms. The third-order valence-electron chi connectivity index (χ3n) is 0.753. The van der Waals surface area contributed by atoms with Crippen molar-refractivity contribution in [3.63, 3.8) is 0 Å². The first kappa shape index (κ1) is 6.48. The van der Waals surface area contributed by atoms with Gasteiger partial charge in [-0.2, -0.15) is 0 Å². The second-order valence-electron chi connectivity index (χ2n) is 1.28. The fraction of sp³-hybridized carbons (Fsp3) is 0. The molecule has 1 aromatic rings. The van der Waals surface area contributed by atoms with Gasteiger partial charge in [0.15, 0.2) is 0 Å². The Hall–Kier alpha value is 0.360. The number of aromatic nitrogens is 1. The zero-order chi connectivity index (χ0) is 5.82. The number of hydrogen-bond acceptors (Lipinski definition) is 0. The molecule has 0 bridgehead atoms. The Morgan fingerprint density at radius 1 is 1.12 bits per heavy atom. The van der Waals surface area contributed by atoms with Crippen molar-refractivity contribution in [3.05, 3.63) is 30.6 Å². The molecule has 44 valence electrons. The first-order chi connectivity index (χ1) is 3.93. The molecule has 0 saturated carbocycles. The van der Waals surface area contributed by atoms with E-state index >= 15 is 0 Å². The van der Waals surface area contributed by atoms with Gasteiger partial charge in [0.1, 0.15) is 0 Å². The molecular formula is C5H5BrIN. The van der Waals surface area contributed by atoms with Crippen LogP contribution in [0.4, 0.5) is 0 Å². The van der Waals surface area contributed by atoms with Crippen molar-refractivity contribution in [2.75, 3.05) is 0 Å². The average Bonchev–Trinajstić information content (AvgIpc) is 1.90. The van der Waals surface area contributed by atoms with Crippen LogP contribution < -0.4 is 22.0 Å². The zero-order valence-electron chi connectivity index (χ0n) is 4.09. The third kappa shape index (κ3) is 1.70. The molecule has 1 heterocycles. The van der Waals surface area contributed by atoms with E-state index in [1.54, 1.807) is 0 Å². The zero-order valence-corrected chi connectivity index (χ0v) is 7.83. The van der Waals surface area contributed by atoms with Crippen LogP contribution in [0.5, 0.6) is 0 Å². The minimum atomic E-state index is 0.0385. The third-order valence-corrected chi connectivity index (χ3v) is 3.89. The molecule has 1 rings (SSSR count). The predicted molar refractivity (Wildman–Crippen MR) is 31.0 cm³/mol. The molecule has 3 heteroatoms. The van der Waals surface area contributed by atoms with E-state index in [-0.39, 0.29) is 19.3 Å². The Balaban J connectivity index is 2.83. The predicted octanol–water partition coefficient (Wildman–Crippen LogP) is -1.86. The Bertz CT molecular complexity index is 154. The van der Waals surface area contributed by atoms with Crippen molar-refractivity contribution >= 4 is 12.7 Å². The number of rotatable bonds is 1. The maximum absolute atomic E-state index is 3.43. The van der Waals surface area contributed by atoms with Crippen molar-refractivity contribution in [1.29, 1.82) is 0 Å². The fourth-order valence-electron chi connectivity index (χ4n) is 0.420. The van der Waals surface area contributed by atoms with E-state index in [9.17, 15) is 0 Å². The molecule has 0 N–H and O–H groups in total. The molecule has 0 fully saturated rings. The minimum absolute atomic E-state index is 0.0385. The van der Waals surface area contributed by atoms with Crippen LogP contribution in [0.25, 0.3) is 0 Å². The Morgan fingerprint density at radius 3 is 2.12 bits per heavy atom. The van der Waals surface area contributed by atoms with Gasteiger partial charge in [0.2, 0.25) is 0 Å². The van der Waals surface area contributed by atoms with Gasteiger partial charge in [-0.1, -0.05) is 0 Å². The van der Waals surface area contributed by atoms with Crippen LogP contribution in [0.15, 0.2) is 30.6 Å². The topological polar surface area (TPSA) is 3.88 Å². The van der Waals surface area contributed by atoms with E-state index in [0.717, 1.165) is 0 Å². The summed E-state index contributed by atoms with van der Waals surface area (Å²) in [6.45, 7) is 0. The van der Waals surface area contributed by atoms with Crippen molar-refractivity contribution < 1.29 is 22.0 Å². The van der Waals surface area contributed by atoms with E-state index in [1.807, 2.05) is 18.2 Å². The van der Waals surface area contributed by atoms with E-state index in [1.165, 1.54) is 0 Å². The standard InChI is InChI=1S/C5H5BrIN/c6-7-8-4-2-1-3-5-8/h1-5H. The van der Waals surface area contributed by atoms with Crippen LogP contribution in [0, 0.1) is 0 Å². The normalized spacial score (nSPS) is 9.62. The molecule has 0 unspecified atom stereocenters. The molecule has 0 atom stereocenters. The summed E-state index contributed by atoms with van der Waals surface area (Å²) >= 11 is 3.47. The summed E-state index contributed by atoms with van der Waals surface area (Å²) in [5.41, 5.74) is 0. The van der Waals surface area contributed by atoms with Gasteiger partial charge in [-0.3, -0.25) is 0 Å². The van der Waals surface area contributed by atoms with Gasteiger partial charge < -0.3 is 0 Å². The summed E-state index contributed by atoms with van der Waals surface area (Å²) in [4.78, 5) is 0. The summed E-state index contributed by atoms with van der Waals surface area (Å²) in [6, 6.07) is 6.07. The summed E-state index contributed by atoms with van der Waals surface area (Å²) in [6.07, 6.45) is 4.12. The van der Waals surface area contributed by atoms with Crippen LogP contribution in [0.2, 0.25) is 0 Å². The van der Waals surface area contributed by atoms with Gasteiger partial charge in [-0.25, -0.2) is 0 Å². The van der Waals surface area contributed by atoms with E-state index in [0.29, 0.717) is 0 Å². The number of halogens is 2. The van der Waals surface area contributed by atoms with Gasteiger partial charge >= 0.3 is 65.3 Å². The molecule has 0 amide bonds. The number of nitrogens with zero attached hydrogens (tertiary/aromatic N) is 1. The van der Waals surface area contributed by atoms with Crippen LogP contribution in [-0.2, 0) is 0 Å². The van der Waals surface area contributed by atoms with Gasteiger partial charge in [0, 0.05) is 0 Å². The molecule has 0 spiro atoms. The van der Waals surface area contributed by atoms with Gasteiger partial charge in [-0.15, -0.1) is 0 Å². The second kappa shape index (κ2) is 3.40. The van der Waals surface area contributed by atoms with E-state index < -0.39 is 0 Å². The quantitative estimate of drug-likeness (QED) is 0.533. The molecule has 0 radical (unpaired) electrons. The summed E-state index contributed by atoms with van der Waals surface area (Å²) < 4.78 is 2.15. The number of pyridine rings is 1. The Labute approximate surface area is 65.1 Å². The van der Waals surface area contributed by atoms with Crippen LogP contribution in [0.1, 0.15) is 0 Å². The molecule has 0 aliphatic rings. The van der Waals surface area contributed by atoms with Gasteiger partial charge in [0.05, 0.1) is 0 Å². The molecular weight excluding hydrogens is 281 g/mol. The first-order valence-corrected chi connectivity index (χ1v) is 7.96. The van der Waals surface area contributed by atoms with Crippen molar-refractivity contribution in [1.82, 2.24) is 0 Å². The molecule has 0 aliphatic carbocycles. The number of hydrogen-bond donors (Lipinski definition) is 0. The Morgan fingerprint density at radius 2 is 1.75 bits per heavy atom. The Kier molecular flexibility index (Phi) is 2.75. The summed E-state index contributed by atoms with van der Waals surface area (Å²) in [5, 5.41) is 0. The van der Waals surface area contributed by atoms with Crippen LogP contribution in [-0.4, -0.2) is 0 Å². The molecule has 1 aromatic heterocycles. The van der Waals surface area contributed by atoms with Gasteiger partial charge in [-0.05, 0) is 0 Å². The average molecular weight is 286 g/mol. The molecule has 0 saturated heterocycles. The van der Waals surface area contributed by atoms with Crippen molar-refractivity contribution in [3.8, 4) is 0 Å². The molecule has 0 aliphatic heterocycles. The molecule has 1 nitrogen and oxygen atoms in total. The van der Waals surface area contributed by atoms with E-state index in [2.05, 4.69) is 27.9 Å². The van der Waals surface area contributed by atoms with Crippen molar-refractivity contribution in [2.45, 2.75) is 0 Å². The van der Waals surface area contributed by atoms with Crippen LogP contribution >= 0.6 is 12.7 Å². The first-order valence-electron chi connectivity index (χ1n) is 2.16. The fourth-order valence-corrected chi connectivity index (χ4v) is 2.23. The monoisotopic (exact) mass is 285 g/mol. The summed E-state index contributed by atoms with van der Waals surface area (Å²) in [7, 11) is 0. The van der Waals surface area contributed by atoms with Crippen LogP contribution in [0.3, 0.4) is 0 Å². The maximum atomic E-state index is 3.43. The second-order valence-corrected chi connectivity index (χ2v) is 4.56. The van der Waals surface area contributed by atoms with Crippen molar-refractivity contribution in [2.24, 2.45) is 0 Å². The van der Waals surface area contributed by atoms with E-state index in [4.69, 9.17) is 0 Å². The SMILES string of the molecule is Br[I-][n+]1ccccc1. The summed E-state index contributed by atoms with van der Waals surface area (Å²) in [5.74, 6) is 0. The van der Waals surface area contributed by atoms with Gasteiger partial charge in [0.25, 0.3) is 0 Å². The molecule has 0 aromatic carbocycles.